The summed E-state index contributed by atoms with van der Waals surface area (Å²) >= 11 is 1.36. The lowest BCUT2D eigenvalue weighted by molar-refractivity contribution is -0.121. The number of ether oxygens (including phenoxy) is 3. The van der Waals surface area contributed by atoms with Crippen LogP contribution in [0.15, 0.2) is 72.8 Å². The summed E-state index contributed by atoms with van der Waals surface area (Å²) < 4.78 is 17.0. The maximum absolute atomic E-state index is 13.3. The standard InChI is InChI=1S/C32H31N3O6S/c1-19-11-16-27(42-19)29(36)40-18-24-22(14-15-25-28(24)35(4)30(37)32(2,3)34-25)23-13-12-21(17-26(23)39-5)41-31(38)33-20-9-7-6-8-10-20/h6-17,34H,18H2,1-5H3,(H,33,38). The SMILES string of the molecule is COc1cc(OC(=O)Nc2ccccc2)ccc1-c1ccc2c(c1COC(=O)c1ccc(C)s1)N(C)C(=O)C(C)(C)N2. The number of para-hydroxylation sites is 1. The molecule has 0 unspecified atom stereocenters. The summed E-state index contributed by atoms with van der Waals surface area (Å²) in [6.45, 7) is 5.47. The second-order valence-corrected chi connectivity index (χ2v) is 11.6. The van der Waals surface area contributed by atoms with Gasteiger partial charge in [0.1, 0.15) is 28.5 Å². The summed E-state index contributed by atoms with van der Waals surface area (Å²) in [5, 5.41) is 5.99. The van der Waals surface area contributed by atoms with Crippen LogP contribution in [-0.4, -0.2) is 37.7 Å². The summed E-state index contributed by atoms with van der Waals surface area (Å²) in [7, 11) is 3.23. The van der Waals surface area contributed by atoms with Gasteiger partial charge in [0.2, 0.25) is 0 Å². The van der Waals surface area contributed by atoms with Crippen LogP contribution in [0.2, 0.25) is 0 Å². The fraction of sp³-hybridized carbons (Fsp3) is 0.219. The first-order chi connectivity index (χ1) is 20.1. The van der Waals surface area contributed by atoms with Crippen molar-refractivity contribution in [2.75, 3.05) is 29.7 Å². The molecule has 2 amide bonds. The number of fused-ring (bicyclic) bond motifs is 1. The fourth-order valence-electron chi connectivity index (χ4n) is 4.91. The smallest absolute Gasteiger partial charge is 0.417 e. The minimum Gasteiger partial charge on any atom is -0.496 e. The normalized spacial score (nSPS) is 13.5. The van der Waals surface area contributed by atoms with Crippen LogP contribution in [0.4, 0.5) is 21.9 Å². The molecule has 0 saturated heterocycles. The van der Waals surface area contributed by atoms with Crippen LogP contribution in [0.5, 0.6) is 11.5 Å². The molecule has 0 spiro atoms. The number of aryl methyl sites for hydroxylation is 1. The van der Waals surface area contributed by atoms with Gasteiger partial charge in [-0.05, 0) is 68.8 Å². The maximum atomic E-state index is 13.3. The minimum absolute atomic E-state index is 0.0884. The highest BCUT2D eigenvalue weighted by Crippen LogP contribution is 2.45. The van der Waals surface area contributed by atoms with Gasteiger partial charge >= 0.3 is 12.1 Å². The second kappa shape index (κ2) is 11.6. The van der Waals surface area contributed by atoms with Gasteiger partial charge in [-0.25, -0.2) is 9.59 Å². The number of nitrogens with one attached hydrogen (secondary N) is 2. The molecule has 0 fully saturated rings. The van der Waals surface area contributed by atoms with E-state index in [9.17, 15) is 14.4 Å². The molecule has 1 aromatic heterocycles. The Balaban J connectivity index is 1.51. The molecule has 2 N–H and O–H groups in total. The minimum atomic E-state index is -0.817. The summed E-state index contributed by atoms with van der Waals surface area (Å²) in [6, 6.07) is 21.4. The van der Waals surface area contributed by atoms with Crippen molar-refractivity contribution in [1.29, 1.82) is 0 Å². The Labute approximate surface area is 248 Å². The largest absolute Gasteiger partial charge is 0.496 e. The molecule has 216 valence electrons. The van der Waals surface area contributed by atoms with Gasteiger partial charge in [-0.2, -0.15) is 0 Å². The molecule has 4 aromatic rings. The molecular weight excluding hydrogens is 554 g/mol. The molecular formula is C32H31N3O6S. The molecule has 1 aliphatic heterocycles. The van der Waals surface area contributed by atoms with E-state index in [1.165, 1.54) is 18.4 Å². The zero-order valence-electron chi connectivity index (χ0n) is 23.9. The lowest BCUT2D eigenvalue weighted by Gasteiger charge is -2.39. The van der Waals surface area contributed by atoms with E-state index in [1.54, 1.807) is 48.3 Å². The topological polar surface area (TPSA) is 106 Å². The predicted octanol–water partition coefficient (Wildman–Crippen LogP) is 6.87. The fourth-order valence-corrected chi connectivity index (χ4v) is 5.67. The van der Waals surface area contributed by atoms with Crippen molar-refractivity contribution >= 4 is 46.4 Å². The zero-order valence-corrected chi connectivity index (χ0v) is 24.8. The van der Waals surface area contributed by atoms with Gasteiger partial charge in [0.25, 0.3) is 5.91 Å². The Kier molecular flexibility index (Phi) is 7.91. The average Bonchev–Trinajstić information content (AvgIpc) is 3.41. The summed E-state index contributed by atoms with van der Waals surface area (Å²) in [5.74, 6) is 0.127. The average molecular weight is 586 g/mol. The number of rotatable bonds is 7. The number of anilines is 3. The van der Waals surface area contributed by atoms with E-state index in [0.717, 1.165) is 10.6 Å². The van der Waals surface area contributed by atoms with Crippen molar-refractivity contribution in [3.63, 3.8) is 0 Å². The molecule has 0 aliphatic carbocycles. The molecule has 10 heteroatoms. The molecule has 1 aliphatic rings. The number of benzene rings is 3. The molecule has 0 bridgehead atoms. The van der Waals surface area contributed by atoms with E-state index in [0.29, 0.717) is 38.7 Å². The highest BCUT2D eigenvalue weighted by atomic mass is 32.1. The third-order valence-corrected chi connectivity index (χ3v) is 7.87. The first-order valence-corrected chi connectivity index (χ1v) is 14.1. The van der Waals surface area contributed by atoms with Crippen molar-refractivity contribution in [1.82, 2.24) is 0 Å². The highest BCUT2D eigenvalue weighted by Gasteiger charge is 2.39. The van der Waals surface area contributed by atoms with E-state index in [4.69, 9.17) is 14.2 Å². The Bertz CT molecular complexity index is 1660. The number of hydrogen-bond donors (Lipinski definition) is 2. The molecule has 9 nitrogen and oxygen atoms in total. The molecule has 5 rings (SSSR count). The Morgan fingerprint density at radius 2 is 1.74 bits per heavy atom. The van der Waals surface area contributed by atoms with E-state index in [1.807, 2.05) is 57.2 Å². The van der Waals surface area contributed by atoms with Crippen molar-refractivity contribution in [2.24, 2.45) is 0 Å². The number of nitrogens with zero attached hydrogens (tertiary/aromatic N) is 1. The number of esters is 1. The number of likely N-dealkylation sites (N-methyl/N-ethyl adjacent to an activating group) is 1. The second-order valence-electron chi connectivity index (χ2n) is 10.3. The van der Waals surface area contributed by atoms with Crippen LogP contribution in [0.3, 0.4) is 0 Å². The van der Waals surface area contributed by atoms with Gasteiger partial charge in [-0.3, -0.25) is 10.1 Å². The van der Waals surface area contributed by atoms with Gasteiger partial charge in [-0.1, -0.05) is 24.3 Å². The van der Waals surface area contributed by atoms with Crippen molar-refractivity contribution in [2.45, 2.75) is 32.9 Å². The molecule has 3 aromatic carbocycles. The van der Waals surface area contributed by atoms with E-state index in [-0.39, 0.29) is 18.3 Å². The molecule has 0 saturated carbocycles. The Morgan fingerprint density at radius 1 is 1.00 bits per heavy atom. The van der Waals surface area contributed by atoms with Gasteiger partial charge < -0.3 is 24.4 Å². The molecule has 0 radical (unpaired) electrons. The van der Waals surface area contributed by atoms with E-state index < -0.39 is 17.6 Å². The van der Waals surface area contributed by atoms with Gasteiger partial charge in [0.05, 0.1) is 18.5 Å². The summed E-state index contributed by atoms with van der Waals surface area (Å²) in [5.41, 5.74) is 3.12. The predicted molar refractivity (Wildman–Crippen MR) is 164 cm³/mol. The molecule has 42 heavy (non-hydrogen) atoms. The highest BCUT2D eigenvalue weighted by molar-refractivity contribution is 7.13. The maximum Gasteiger partial charge on any atom is 0.417 e. The zero-order chi connectivity index (χ0) is 30.0. The molecule has 0 atom stereocenters. The third kappa shape index (κ3) is 5.80. The van der Waals surface area contributed by atoms with Crippen LogP contribution >= 0.6 is 11.3 Å². The number of carbonyl (C=O) groups is 3. The van der Waals surface area contributed by atoms with Crippen LogP contribution in [0.1, 0.15) is 34.0 Å². The van der Waals surface area contributed by atoms with Gasteiger partial charge in [0.15, 0.2) is 0 Å². The van der Waals surface area contributed by atoms with Gasteiger partial charge in [-0.15, -0.1) is 11.3 Å². The monoisotopic (exact) mass is 585 g/mol. The van der Waals surface area contributed by atoms with Crippen LogP contribution in [0.25, 0.3) is 11.1 Å². The Morgan fingerprint density at radius 3 is 2.43 bits per heavy atom. The summed E-state index contributed by atoms with van der Waals surface area (Å²) in [6.07, 6.45) is -0.643. The third-order valence-electron chi connectivity index (χ3n) is 6.89. The summed E-state index contributed by atoms with van der Waals surface area (Å²) in [4.78, 5) is 41.7. The lowest BCUT2D eigenvalue weighted by atomic mass is 9.92. The van der Waals surface area contributed by atoms with E-state index >= 15 is 0 Å². The van der Waals surface area contributed by atoms with Gasteiger partial charge in [0, 0.05) is 34.8 Å². The number of amides is 2. The van der Waals surface area contributed by atoms with Crippen LogP contribution in [-0.2, 0) is 16.1 Å². The first-order valence-electron chi connectivity index (χ1n) is 13.3. The van der Waals surface area contributed by atoms with Crippen molar-refractivity contribution in [3.8, 4) is 22.6 Å². The molecule has 2 heterocycles. The van der Waals surface area contributed by atoms with Crippen LogP contribution < -0.4 is 25.0 Å². The first kappa shape index (κ1) is 28.7. The lowest BCUT2D eigenvalue weighted by Crippen LogP contribution is -2.52. The van der Waals surface area contributed by atoms with Crippen molar-refractivity contribution < 1.29 is 28.6 Å². The quantitative estimate of drug-likeness (QED) is 0.228. The number of thiophene rings is 1. The Hall–Kier alpha value is -4.83. The van der Waals surface area contributed by atoms with E-state index in [2.05, 4.69) is 10.6 Å². The van der Waals surface area contributed by atoms with Crippen LogP contribution in [0, 0.1) is 6.92 Å². The number of hydrogen-bond acceptors (Lipinski definition) is 8. The number of carbonyl (C=O) groups excluding carboxylic acids is 3. The van der Waals surface area contributed by atoms with Crippen molar-refractivity contribution in [3.05, 3.63) is 88.1 Å². The number of methoxy groups -OCH3 is 1.